The summed E-state index contributed by atoms with van der Waals surface area (Å²) in [5.41, 5.74) is 0.319. The molecule has 1 saturated heterocycles. The molecule has 1 aliphatic rings. The molecule has 0 spiro atoms. The third kappa shape index (κ3) is 2.08. The van der Waals surface area contributed by atoms with E-state index in [1.165, 1.54) is 10.7 Å². The predicted molar refractivity (Wildman–Crippen MR) is 67.7 cm³/mol. The first-order valence-corrected chi connectivity index (χ1v) is 6.15. The van der Waals surface area contributed by atoms with Crippen molar-refractivity contribution in [1.29, 1.82) is 0 Å². The Morgan fingerprint density at radius 3 is 3.28 bits per heavy atom. The van der Waals surface area contributed by atoms with E-state index in [4.69, 9.17) is 0 Å². The molecule has 3 heterocycles. The van der Waals surface area contributed by atoms with Crippen LogP contribution in [0.5, 0.6) is 0 Å². The maximum Gasteiger partial charge on any atom is 0.348 e. The van der Waals surface area contributed by atoms with Crippen molar-refractivity contribution < 1.29 is 0 Å². The SMILES string of the molecule is CC1CC(Nc2cc3n[nH]c(=O)n3cn2)CCN1. The Kier molecular flexibility index (Phi) is 2.75. The quantitative estimate of drug-likeness (QED) is 0.694. The minimum Gasteiger partial charge on any atom is -0.367 e. The summed E-state index contributed by atoms with van der Waals surface area (Å²) in [6.45, 7) is 3.20. The maximum absolute atomic E-state index is 11.3. The molecule has 18 heavy (non-hydrogen) atoms. The fraction of sp³-hybridized carbons (Fsp3) is 0.545. The highest BCUT2D eigenvalue weighted by Crippen LogP contribution is 2.14. The molecule has 2 aromatic rings. The zero-order chi connectivity index (χ0) is 12.5. The summed E-state index contributed by atoms with van der Waals surface area (Å²) >= 11 is 0. The van der Waals surface area contributed by atoms with Crippen LogP contribution in [0.2, 0.25) is 0 Å². The van der Waals surface area contributed by atoms with Gasteiger partial charge in [-0.05, 0) is 26.3 Å². The van der Waals surface area contributed by atoms with Gasteiger partial charge in [0.25, 0.3) is 0 Å². The number of aromatic nitrogens is 4. The standard InChI is InChI=1S/C11H16N6O/c1-7-4-8(2-3-12-7)14-9-5-10-15-16-11(18)17(10)6-13-9/h5-8,12,14H,2-4H2,1H3,(H,16,18). The zero-order valence-corrected chi connectivity index (χ0v) is 10.2. The first-order chi connectivity index (χ1) is 8.72. The summed E-state index contributed by atoms with van der Waals surface area (Å²) in [5, 5.41) is 13.1. The number of nitrogens with one attached hydrogen (secondary N) is 3. The monoisotopic (exact) mass is 248 g/mol. The molecule has 0 aromatic carbocycles. The molecule has 0 saturated carbocycles. The Labute approximate surface area is 104 Å². The van der Waals surface area contributed by atoms with Crippen molar-refractivity contribution in [2.45, 2.75) is 31.8 Å². The van der Waals surface area contributed by atoms with Crippen molar-refractivity contribution in [3.63, 3.8) is 0 Å². The minimum atomic E-state index is -0.264. The second-order valence-electron chi connectivity index (χ2n) is 4.75. The lowest BCUT2D eigenvalue weighted by molar-refractivity contribution is 0.396. The third-order valence-electron chi connectivity index (χ3n) is 3.29. The summed E-state index contributed by atoms with van der Waals surface area (Å²) in [7, 11) is 0. The molecule has 2 aromatic heterocycles. The second kappa shape index (κ2) is 4.41. The zero-order valence-electron chi connectivity index (χ0n) is 10.2. The summed E-state index contributed by atoms with van der Waals surface area (Å²) < 4.78 is 1.39. The number of nitrogens with zero attached hydrogens (tertiary/aromatic N) is 3. The van der Waals surface area contributed by atoms with Gasteiger partial charge in [-0.1, -0.05) is 0 Å². The molecule has 3 N–H and O–H groups in total. The van der Waals surface area contributed by atoms with Crippen molar-refractivity contribution in [3.05, 3.63) is 22.9 Å². The van der Waals surface area contributed by atoms with E-state index in [-0.39, 0.29) is 5.69 Å². The number of aromatic amines is 1. The highest BCUT2D eigenvalue weighted by atomic mass is 16.1. The van der Waals surface area contributed by atoms with Gasteiger partial charge in [-0.25, -0.2) is 19.3 Å². The number of hydrogen-bond donors (Lipinski definition) is 3. The Morgan fingerprint density at radius 2 is 2.44 bits per heavy atom. The van der Waals surface area contributed by atoms with Gasteiger partial charge in [-0.15, -0.1) is 0 Å². The second-order valence-corrected chi connectivity index (χ2v) is 4.75. The fourth-order valence-corrected chi connectivity index (χ4v) is 2.36. The van der Waals surface area contributed by atoms with Crippen LogP contribution in [0.3, 0.4) is 0 Å². The van der Waals surface area contributed by atoms with E-state index < -0.39 is 0 Å². The third-order valence-corrected chi connectivity index (χ3v) is 3.29. The van der Waals surface area contributed by atoms with Crippen LogP contribution < -0.4 is 16.3 Å². The number of H-pyrrole nitrogens is 1. The van der Waals surface area contributed by atoms with Gasteiger partial charge in [0, 0.05) is 18.2 Å². The van der Waals surface area contributed by atoms with Crippen LogP contribution in [0.4, 0.5) is 5.82 Å². The van der Waals surface area contributed by atoms with Gasteiger partial charge in [-0.3, -0.25) is 0 Å². The molecule has 0 radical (unpaired) electrons. The minimum absolute atomic E-state index is 0.264. The normalized spacial score (nSPS) is 24.3. The lowest BCUT2D eigenvalue weighted by atomic mass is 10.0. The Balaban J connectivity index is 1.80. The van der Waals surface area contributed by atoms with Crippen molar-refractivity contribution >= 4 is 11.5 Å². The van der Waals surface area contributed by atoms with Gasteiger partial charge in [0.2, 0.25) is 0 Å². The molecule has 96 valence electrons. The Morgan fingerprint density at radius 1 is 1.56 bits per heavy atom. The van der Waals surface area contributed by atoms with Crippen molar-refractivity contribution in [2.24, 2.45) is 0 Å². The number of anilines is 1. The van der Waals surface area contributed by atoms with E-state index in [1.807, 2.05) is 0 Å². The number of hydrogen-bond acceptors (Lipinski definition) is 5. The lowest BCUT2D eigenvalue weighted by Gasteiger charge is -2.28. The largest absolute Gasteiger partial charge is 0.367 e. The maximum atomic E-state index is 11.3. The van der Waals surface area contributed by atoms with Gasteiger partial charge >= 0.3 is 5.69 Å². The lowest BCUT2D eigenvalue weighted by Crippen LogP contribution is -2.41. The van der Waals surface area contributed by atoms with Crippen molar-refractivity contribution in [3.8, 4) is 0 Å². The van der Waals surface area contributed by atoms with E-state index in [0.29, 0.717) is 17.7 Å². The highest BCUT2D eigenvalue weighted by molar-refractivity contribution is 5.48. The number of piperidine rings is 1. The van der Waals surface area contributed by atoms with Crippen molar-refractivity contribution in [1.82, 2.24) is 24.9 Å². The molecule has 0 amide bonds. The van der Waals surface area contributed by atoms with E-state index in [1.54, 1.807) is 6.07 Å². The van der Waals surface area contributed by atoms with E-state index >= 15 is 0 Å². The molecule has 7 nitrogen and oxygen atoms in total. The van der Waals surface area contributed by atoms with Gasteiger partial charge in [-0.2, -0.15) is 5.10 Å². The van der Waals surface area contributed by atoms with Crippen LogP contribution in [-0.2, 0) is 0 Å². The summed E-state index contributed by atoms with van der Waals surface area (Å²) in [4.78, 5) is 15.5. The van der Waals surface area contributed by atoms with Gasteiger partial charge in [0.05, 0.1) is 0 Å². The summed E-state index contributed by atoms with van der Waals surface area (Å²) in [6.07, 6.45) is 3.64. The molecule has 2 unspecified atom stereocenters. The smallest absolute Gasteiger partial charge is 0.348 e. The van der Waals surface area contributed by atoms with Gasteiger partial charge in [0.15, 0.2) is 5.65 Å². The van der Waals surface area contributed by atoms with Crippen molar-refractivity contribution in [2.75, 3.05) is 11.9 Å². The Bertz CT molecular complexity index is 603. The van der Waals surface area contributed by atoms with Crippen LogP contribution >= 0.6 is 0 Å². The Hall–Kier alpha value is -1.89. The van der Waals surface area contributed by atoms with Crippen LogP contribution in [0.1, 0.15) is 19.8 Å². The summed E-state index contributed by atoms with van der Waals surface area (Å²) in [6, 6.07) is 2.72. The average Bonchev–Trinajstić information content (AvgIpc) is 2.71. The van der Waals surface area contributed by atoms with Gasteiger partial charge in [0.1, 0.15) is 12.1 Å². The van der Waals surface area contributed by atoms with Gasteiger partial charge < -0.3 is 10.6 Å². The molecule has 1 aliphatic heterocycles. The first kappa shape index (κ1) is 11.2. The molecule has 0 bridgehead atoms. The predicted octanol–water partition coefficient (Wildman–Crippen LogP) is -0.0300. The average molecular weight is 248 g/mol. The molecule has 3 rings (SSSR count). The number of fused-ring (bicyclic) bond motifs is 1. The highest BCUT2D eigenvalue weighted by Gasteiger charge is 2.18. The first-order valence-electron chi connectivity index (χ1n) is 6.15. The molecule has 0 aliphatic carbocycles. The molecule has 1 fully saturated rings. The molecule has 2 atom stereocenters. The van der Waals surface area contributed by atoms with Crippen LogP contribution in [0.25, 0.3) is 5.65 Å². The summed E-state index contributed by atoms with van der Waals surface area (Å²) in [5.74, 6) is 0.764. The fourth-order valence-electron chi connectivity index (χ4n) is 2.36. The van der Waals surface area contributed by atoms with E-state index in [9.17, 15) is 4.79 Å². The topological polar surface area (TPSA) is 87.1 Å². The van der Waals surface area contributed by atoms with E-state index in [0.717, 1.165) is 25.2 Å². The molecular formula is C11H16N6O. The molecular weight excluding hydrogens is 232 g/mol. The van der Waals surface area contributed by atoms with Crippen LogP contribution in [-0.4, -0.2) is 38.2 Å². The molecule has 7 heteroatoms. The van der Waals surface area contributed by atoms with Crippen LogP contribution in [0.15, 0.2) is 17.2 Å². The van der Waals surface area contributed by atoms with E-state index in [2.05, 4.69) is 32.7 Å². The van der Waals surface area contributed by atoms with Crippen LogP contribution in [0, 0.1) is 0 Å². The number of rotatable bonds is 2.